The second kappa shape index (κ2) is 23.0. The van der Waals surface area contributed by atoms with Gasteiger partial charge in [0.2, 0.25) is 11.8 Å². The molecule has 16 nitrogen and oxygen atoms in total. The van der Waals surface area contributed by atoms with Crippen molar-refractivity contribution in [3.05, 3.63) is 107 Å². The third-order valence-corrected chi connectivity index (χ3v) is 13.7. The predicted octanol–water partition coefficient (Wildman–Crippen LogP) is 7.15. The molecule has 0 saturated carbocycles. The molecule has 66 heavy (non-hydrogen) atoms. The second-order valence-electron chi connectivity index (χ2n) is 15.4. The van der Waals surface area contributed by atoms with Gasteiger partial charge < -0.3 is 48.0 Å². The van der Waals surface area contributed by atoms with Crippen LogP contribution >= 0.6 is 69.0 Å². The standard InChI is InChI=1S/C22H24Cl2N4O3.C17H19Cl2IN4O2.C5H7BO3/c1-14-4-7-18(31-14)22-21(24)15(2)28(25-22)13-20(29)27-10-8-26(9-11-27)16-5-6-17(23)19(12-16)30-3;1-11-16(19)17(20)21-24(11)10-15(25)23-7-5-22(6-8-23)12-3-4-13(18)14(9-12)26-2;1-4-2-3-5(9-4)6(7)8/h4-7,12H,8-11,13H2,1-3H3;3-4,9H,5-8,10H2,1-2H3;2-3,7-8H,1H3. The number of piperazine rings is 2. The normalized spacial score (nSPS) is 13.8. The maximum atomic E-state index is 12.9. The van der Waals surface area contributed by atoms with Gasteiger partial charge in [0.25, 0.3) is 0 Å². The summed E-state index contributed by atoms with van der Waals surface area (Å²) in [5.74, 6) is 3.43. The van der Waals surface area contributed by atoms with E-state index in [0.29, 0.717) is 75.0 Å². The zero-order chi connectivity index (χ0) is 47.8. The Morgan fingerprint density at radius 2 is 1.11 bits per heavy atom. The topological polar surface area (TPSA) is 168 Å². The van der Waals surface area contributed by atoms with Crippen LogP contribution in [-0.2, 0) is 22.7 Å². The Balaban J connectivity index is 0.000000186. The van der Waals surface area contributed by atoms with Gasteiger partial charge in [-0.2, -0.15) is 10.2 Å². The first kappa shape index (κ1) is 50.8. The van der Waals surface area contributed by atoms with Crippen molar-refractivity contribution in [2.24, 2.45) is 0 Å². The Labute approximate surface area is 417 Å². The van der Waals surface area contributed by atoms with Gasteiger partial charge in [-0.15, -0.1) is 0 Å². The minimum absolute atomic E-state index is 0.0118. The molecule has 2 aliphatic heterocycles. The number of hydrogen-bond donors (Lipinski definition) is 2. The van der Waals surface area contributed by atoms with Crippen LogP contribution in [0.4, 0.5) is 11.4 Å². The highest BCUT2D eigenvalue weighted by Gasteiger charge is 2.26. The number of furan rings is 2. The summed E-state index contributed by atoms with van der Waals surface area (Å²) < 4.78 is 25.1. The quantitative estimate of drug-likeness (QED) is 0.105. The number of nitrogens with zero attached hydrogens (tertiary/aromatic N) is 8. The average molecular weight is 1100 g/mol. The first-order valence-electron chi connectivity index (χ1n) is 20.8. The lowest BCUT2D eigenvalue weighted by Crippen LogP contribution is -2.49. The zero-order valence-corrected chi connectivity index (χ0v) is 42.4. The molecule has 0 bridgehead atoms. The molecule has 352 valence electrons. The van der Waals surface area contributed by atoms with Crippen LogP contribution in [0.1, 0.15) is 22.9 Å². The second-order valence-corrected chi connectivity index (χ2v) is 18.0. The number of carbonyl (C=O) groups excluding carboxylic acids is 2. The van der Waals surface area contributed by atoms with E-state index >= 15 is 0 Å². The molecule has 2 aromatic carbocycles. The summed E-state index contributed by atoms with van der Waals surface area (Å²) >= 11 is 26.9. The fourth-order valence-corrected chi connectivity index (χ4v) is 8.61. The molecule has 2 N–H and O–H groups in total. The molecule has 2 amide bonds. The van der Waals surface area contributed by atoms with Crippen molar-refractivity contribution >= 4 is 105 Å². The third-order valence-electron chi connectivity index (χ3n) is 11.1. The van der Waals surface area contributed by atoms with Gasteiger partial charge in [0.15, 0.2) is 5.76 Å². The number of hydrogen-bond acceptors (Lipinski definition) is 12. The number of aryl methyl sites for hydroxylation is 2. The molecule has 2 fully saturated rings. The Hall–Kier alpha value is -4.57. The van der Waals surface area contributed by atoms with E-state index in [0.717, 1.165) is 58.4 Å². The van der Waals surface area contributed by atoms with E-state index < -0.39 is 7.12 Å². The van der Waals surface area contributed by atoms with E-state index in [9.17, 15) is 9.59 Å². The lowest BCUT2D eigenvalue weighted by Gasteiger charge is -2.36. The lowest BCUT2D eigenvalue weighted by atomic mass is 9.88. The molecule has 6 heterocycles. The molecule has 22 heteroatoms. The van der Waals surface area contributed by atoms with Crippen LogP contribution in [0.2, 0.25) is 20.1 Å². The van der Waals surface area contributed by atoms with Crippen LogP contribution in [0.25, 0.3) is 11.5 Å². The molecule has 0 spiro atoms. The molecule has 4 aromatic heterocycles. The average Bonchev–Trinajstić information content (AvgIpc) is 4.08. The van der Waals surface area contributed by atoms with E-state index in [2.05, 4.69) is 42.6 Å². The number of rotatable bonds is 10. The van der Waals surface area contributed by atoms with Crippen molar-refractivity contribution in [3.63, 3.8) is 0 Å². The lowest BCUT2D eigenvalue weighted by molar-refractivity contribution is -0.133. The molecular formula is C44H50BCl4IN8O8. The summed E-state index contributed by atoms with van der Waals surface area (Å²) in [7, 11) is 1.72. The van der Waals surface area contributed by atoms with Gasteiger partial charge in [0.05, 0.1) is 51.5 Å². The monoisotopic (exact) mass is 1100 g/mol. The summed E-state index contributed by atoms with van der Waals surface area (Å²) in [5, 5.41) is 28.1. The van der Waals surface area contributed by atoms with Crippen LogP contribution in [0, 0.1) is 31.4 Å². The molecule has 6 aromatic rings. The maximum absolute atomic E-state index is 12.9. The Morgan fingerprint density at radius 1 is 0.652 bits per heavy atom. The number of halogens is 5. The summed E-state index contributed by atoms with van der Waals surface area (Å²) in [5.41, 5.74) is 4.38. The minimum Gasteiger partial charge on any atom is -0.495 e. The highest BCUT2D eigenvalue weighted by molar-refractivity contribution is 14.1. The molecule has 0 radical (unpaired) electrons. The van der Waals surface area contributed by atoms with Gasteiger partial charge >= 0.3 is 7.12 Å². The molecule has 0 atom stereocenters. The van der Waals surface area contributed by atoms with Gasteiger partial charge in [0, 0.05) is 75.9 Å². The Bertz CT molecular complexity index is 2620. The largest absolute Gasteiger partial charge is 0.526 e. The van der Waals surface area contributed by atoms with Crippen molar-refractivity contribution < 1.29 is 37.9 Å². The molecule has 0 unspecified atom stereocenters. The third kappa shape index (κ3) is 12.5. The number of benzene rings is 2. The zero-order valence-electron chi connectivity index (χ0n) is 37.2. The highest BCUT2D eigenvalue weighted by atomic mass is 127. The first-order valence-corrected chi connectivity index (χ1v) is 23.4. The van der Waals surface area contributed by atoms with Gasteiger partial charge in [-0.1, -0.05) is 46.4 Å². The number of methoxy groups -OCH3 is 2. The van der Waals surface area contributed by atoms with E-state index in [1.807, 2.05) is 79.1 Å². The van der Waals surface area contributed by atoms with Crippen LogP contribution < -0.4 is 24.9 Å². The predicted molar refractivity (Wildman–Crippen MR) is 266 cm³/mol. The molecule has 2 saturated heterocycles. The Kier molecular flexibility index (Phi) is 17.7. The van der Waals surface area contributed by atoms with E-state index in [1.54, 1.807) is 36.6 Å². The smallest absolute Gasteiger partial charge is 0.495 e. The van der Waals surface area contributed by atoms with E-state index in [-0.39, 0.29) is 30.6 Å². The maximum Gasteiger partial charge on any atom is 0.526 e. The van der Waals surface area contributed by atoms with Crippen molar-refractivity contribution in [2.75, 3.05) is 76.4 Å². The summed E-state index contributed by atoms with van der Waals surface area (Å²) in [6, 6.07) is 18.4. The van der Waals surface area contributed by atoms with Crippen molar-refractivity contribution in [2.45, 2.75) is 40.8 Å². The Morgan fingerprint density at radius 3 is 1.48 bits per heavy atom. The minimum atomic E-state index is -1.49. The molecular weight excluding hydrogens is 1050 g/mol. The number of ether oxygens (including phenoxy) is 2. The fourth-order valence-electron chi connectivity index (χ4n) is 7.21. The van der Waals surface area contributed by atoms with Crippen molar-refractivity contribution in [1.29, 1.82) is 0 Å². The van der Waals surface area contributed by atoms with Crippen molar-refractivity contribution in [1.82, 2.24) is 29.4 Å². The highest BCUT2D eigenvalue weighted by Crippen LogP contribution is 2.33. The number of aromatic nitrogens is 4. The number of anilines is 2. The van der Waals surface area contributed by atoms with E-state index in [1.165, 1.54) is 6.07 Å². The van der Waals surface area contributed by atoms with Crippen LogP contribution in [0.3, 0.4) is 0 Å². The molecule has 8 rings (SSSR count). The van der Waals surface area contributed by atoms with Gasteiger partial charge in [-0.25, -0.2) is 0 Å². The van der Waals surface area contributed by atoms with Crippen LogP contribution in [0.5, 0.6) is 11.5 Å². The van der Waals surface area contributed by atoms with Crippen molar-refractivity contribution in [3.8, 4) is 23.0 Å². The number of carbonyl (C=O) groups is 2. The molecule has 2 aliphatic rings. The van der Waals surface area contributed by atoms with Gasteiger partial charge in [0.1, 0.15) is 45.4 Å². The first-order chi connectivity index (χ1) is 31.5. The summed E-state index contributed by atoms with van der Waals surface area (Å²) in [6.07, 6.45) is 0. The summed E-state index contributed by atoms with van der Waals surface area (Å²) in [4.78, 5) is 33.7. The van der Waals surface area contributed by atoms with Gasteiger partial charge in [-0.3, -0.25) is 19.0 Å². The van der Waals surface area contributed by atoms with Crippen LogP contribution in [0.15, 0.2) is 69.5 Å². The van der Waals surface area contributed by atoms with Crippen LogP contribution in [-0.4, -0.2) is 125 Å². The number of amides is 2. The fraction of sp³-hybridized carbons (Fsp3) is 0.364. The SMILES string of the molecule is COc1cc(N2CCN(C(=O)Cn3nc(-c4ccc(C)o4)c(Cl)c3C)CC2)ccc1Cl.COc1cc(N2CCN(C(=O)Cn3nc(I)c(Cl)c3C)CC2)ccc1Cl.Cc1ccc(B(O)O)o1. The summed E-state index contributed by atoms with van der Waals surface area (Å²) in [6.45, 7) is 13.2. The van der Waals surface area contributed by atoms with E-state index in [4.69, 9.17) is 74.8 Å². The molecule has 0 aliphatic carbocycles. The van der Waals surface area contributed by atoms with Gasteiger partial charge in [-0.05, 0) is 98.8 Å².